The first-order valence-electron chi connectivity index (χ1n) is 6.92. The van der Waals surface area contributed by atoms with Gasteiger partial charge in [0.05, 0.1) is 4.90 Å². The molecule has 0 fully saturated rings. The third-order valence-corrected chi connectivity index (χ3v) is 5.04. The molecule has 1 aromatic rings. The highest BCUT2D eigenvalue weighted by Gasteiger charge is 2.19. The van der Waals surface area contributed by atoms with Gasteiger partial charge in [0.1, 0.15) is 0 Å². The number of benzene rings is 1. The zero-order valence-electron chi connectivity index (χ0n) is 11.6. The Bertz CT molecular complexity index is 540. The van der Waals surface area contributed by atoms with Crippen LogP contribution < -0.4 is 10.0 Å². The highest BCUT2D eigenvalue weighted by Crippen LogP contribution is 2.25. The number of hydrogen-bond donors (Lipinski definition) is 2. The summed E-state index contributed by atoms with van der Waals surface area (Å²) in [5, 5.41) is 3.21. The SMILES string of the molecule is CCCCC(C)NS(=O)(=O)c1ccc2c(c1)NCC2. The van der Waals surface area contributed by atoms with Crippen LogP contribution in [0.1, 0.15) is 38.7 Å². The van der Waals surface area contributed by atoms with E-state index in [0.717, 1.165) is 37.9 Å². The fraction of sp³-hybridized carbons (Fsp3) is 0.571. The third-order valence-electron chi connectivity index (χ3n) is 3.45. The number of sulfonamides is 1. The highest BCUT2D eigenvalue weighted by atomic mass is 32.2. The van der Waals surface area contributed by atoms with Crippen molar-refractivity contribution in [1.82, 2.24) is 4.72 Å². The van der Waals surface area contributed by atoms with E-state index in [2.05, 4.69) is 17.0 Å². The van der Waals surface area contributed by atoms with E-state index in [4.69, 9.17) is 0 Å². The van der Waals surface area contributed by atoms with Crippen molar-refractivity contribution in [2.45, 2.75) is 50.5 Å². The second kappa shape index (κ2) is 5.92. The third kappa shape index (κ3) is 3.48. The van der Waals surface area contributed by atoms with Gasteiger partial charge in [0.25, 0.3) is 0 Å². The monoisotopic (exact) mass is 282 g/mol. The molecule has 1 atom stereocenters. The molecular weight excluding hydrogens is 260 g/mol. The molecule has 0 spiro atoms. The predicted molar refractivity (Wildman–Crippen MR) is 77.9 cm³/mol. The standard InChI is InChI=1S/C14H22N2O2S/c1-3-4-5-11(2)16-19(17,18)13-7-6-12-8-9-15-14(12)10-13/h6-7,10-11,15-16H,3-5,8-9H2,1-2H3. The number of hydrogen-bond acceptors (Lipinski definition) is 3. The molecule has 1 aromatic carbocycles. The molecule has 0 saturated heterocycles. The molecule has 0 amide bonds. The summed E-state index contributed by atoms with van der Waals surface area (Å²) < 4.78 is 27.3. The predicted octanol–water partition coefficient (Wildman–Crippen LogP) is 2.51. The van der Waals surface area contributed by atoms with Gasteiger partial charge in [0, 0.05) is 18.3 Å². The summed E-state index contributed by atoms with van der Waals surface area (Å²) in [5.74, 6) is 0. The van der Waals surface area contributed by atoms with Crippen molar-refractivity contribution in [1.29, 1.82) is 0 Å². The maximum Gasteiger partial charge on any atom is 0.240 e. The Morgan fingerprint density at radius 2 is 2.21 bits per heavy atom. The first-order chi connectivity index (χ1) is 9.03. The smallest absolute Gasteiger partial charge is 0.240 e. The fourth-order valence-corrected chi connectivity index (χ4v) is 3.64. The summed E-state index contributed by atoms with van der Waals surface area (Å²) in [6.07, 6.45) is 3.96. The van der Waals surface area contributed by atoms with Gasteiger partial charge in [0.2, 0.25) is 10.0 Å². The van der Waals surface area contributed by atoms with Crippen LogP contribution in [0, 0.1) is 0 Å². The topological polar surface area (TPSA) is 58.2 Å². The molecule has 0 aliphatic carbocycles. The van der Waals surface area contributed by atoms with Crippen molar-refractivity contribution in [2.24, 2.45) is 0 Å². The number of fused-ring (bicyclic) bond motifs is 1. The van der Waals surface area contributed by atoms with Crippen LogP contribution >= 0.6 is 0 Å². The number of anilines is 1. The lowest BCUT2D eigenvalue weighted by atomic mass is 10.2. The lowest BCUT2D eigenvalue weighted by Gasteiger charge is -2.14. The Labute approximate surface area is 115 Å². The molecule has 0 bridgehead atoms. The molecule has 4 nitrogen and oxygen atoms in total. The van der Waals surface area contributed by atoms with E-state index < -0.39 is 10.0 Å². The molecule has 1 aliphatic heterocycles. The molecule has 1 aliphatic rings. The van der Waals surface area contributed by atoms with Crippen LogP contribution in [-0.2, 0) is 16.4 Å². The highest BCUT2D eigenvalue weighted by molar-refractivity contribution is 7.89. The van der Waals surface area contributed by atoms with E-state index in [-0.39, 0.29) is 6.04 Å². The molecule has 2 rings (SSSR count). The van der Waals surface area contributed by atoms with Crippen molar-refractivity contribution in [3.8, 4) is 0 Å². The van der Waals surface area contributed by atoms with Gasteiger partial charge >= 0.3 is 0 Å². The van der Waals surface area contributed by atoms with Crippen LogP contribution in [0.3, 0.4) is 0 Å². The van der Waals surface area contributed by atoms with Gasteiger partial charge in [-0.3, -0.25) is 0 Å². The maximum atomic E-state index is 12.3. The maximum absolute atomic E-state index is 12.3. The van der Waals surface area contributed by atoms with Crippen molar-refractivity contribution < 1.29 is 8.42 Å². The molecule has 0 saturated carbocycles. The van der Waals surface area contributed by atoms with Crippen molar-refractivity contribution in [3.63, 3.8) is 0 Å². The number of nitrogens with one attached hydrogen (secondary N) is 2. The number of unbranched alkanes of at least 4 members (excludes halogenated alkanes) is 1. The number of rotatable bonds is 6. The second-order valence-electron chi connectivity index (χ2n) is 5.16. The summed E-state index contributed by atoms with van der Waals surface area (Å²) in [5.41, 5.74) is 2.14. The zero-order valence-corrected chi connectivity index (χ0v) is 12.4. The van der Waals surface area contributed by atoms with E-state index >= 15 is 0 Å². The Morgan fingerprint density at radius 3 is 2.95 bits per heavy atom. The summed E-state index contributed by atoms with van der Waals surface area (Å²) in [7, 11) is -3.40. The molecule has 0 aromatic heterocycles. The zero-order chi connectivity index (χ0) is 13.9. The molecule has 5 heteroatoms. The van der Waals surface area contributed by atoms with E-state index in [9.17, 15) is 8.42 Å². The molecular formula is C14H22N2O2S. The van der Waals surface area contributed by atoms with Gasteiger partial charge in [0.15, 0.2) is 0 Å². The lowest BCUT2D eigenvalue weighted by molar-refractivity contribution is 0.534. The van der Waals surface area contributed by atoms with Gasteiger partial charge < -0.3 is 5.32 Å². The Kier molecular flexibility index (Phi) is 4.47. The Balaban J connectivity index is 2.11. The quantitative estimate of drug-likeness (QED) is 0.843. The first-order valence-corrected chi connectivity index (χ1v) is 8.40. The molecule has 106 valence electrons. The molecule has 0 radical (unpaired) electrons. The lowest BCUT2D eigenvalue weighted by Crippen LogP contribution is -2.32. The summed E-state index contributed by atoms with van der Waals surface area (Å²) >= 11 is 0. The van der Waals surface area contributed by atoms with Gasteiger partial charge in [-0.15, -0.1) is 0 Å². The summed E-state index contributed by atoms with van der Waals surface area (Å²) in [6.45, 7) is 4.91. The molecule has 1 heterocycles. The van der Waals surface area contributed by atoms with Crippen LogP contribution in [0.4, 0.5) is 5.69 Å². The van der Waals surface area contributed by atoms with Gasteiger partial charge in [-0.25, -0.2) is 13.1 Å². The fourth-order valence-electron chi connectivity index (χ4n) is 2.34. The second-order valence-corrected chi connectivity index (χ2v) is 6.87. The minimum Gasteiger partial charge on any atom is -0.384 e. The average molecular weight is 282 g/mol. The average Bonchev–Trinajstić information content (AvgIpc) is 2.82. The minimum atomic E-state index is -3.40. The summed E-state index contributed by atoms with van der Waals surface area (Å²) in [6, 6.07) is 5.31. The normalized spacial score (nSPS) is 15.9. The van der Waals surface area contributed by atoms with Crippen LogP contribution in [0.15, 0.2) is 23.1 Å². The van der Waals surface area contributed by atoms with Crippen LogP contribution in [0.2, 0.25) is 0 Å². The van der Waals surface area contributed by atoms with E-state index in [1.807, 2.05) is 13.0 Å². The van der Waals surface area contributed by atoms with Gasteiger partial charge in [-0.1, -0.05) is 25.8 Å². The van der Waals surface area contributed by atoms with Crippen LogP contribution in [0.5, 0.6) is 0 Å². The largest absolute Gasteiger partial charge is 0.384 e. The van der Waals surface area contributed by atoms with E-state index in [1.165, 1.54) is 5.56 Å². The van der Waals surface area contributed by atoms with Crippen molar-refractivity contribution in [3.05, 3.63) is 23.8 Å². The molecule has 2 N–H and O–H groups in total. The first kappa shape index (κ1) is 14.3. The van der Waals surface area contributed by atoms with E-state index in [0.29, 0.717) is 4.90 Å². The van der Waals surface area contributed by atoms with Gasteiger partial charge in [-0.2, -0.15) is 0 Å². The van der Waals surface area contributed by atoms with Crippen molar-refractivity contribution >= 4 is 15.7 Å². The molecule has 1 unspecified atom stereocenters. The van der Waals surface area contributed by atoms with Gasteiger partial charge in [-0.05, 0) is 37.5 Å². The van der Waals surface area contributed by atoms with Crippen LogP contribution in [-0.4, -0.2) is 21.0 Å². The Hall–Kier alpha value is -1.07. The van der Waals surface area contributed by atoms with Crippen LogP contribution in [0.25, 0.3) is 0 Å². The van der Waals surface area contributed by atoms with E-state index in [1.54, 1.807) is 12.1 Å². The minimum absolute atomic E-state index is 0.0221. The molecule has 19 heavy (non-hydrogen) atoms. The summed E-state index contributed by atoms with van der Waals surface area (Å²) in [4.78, 5) is 0.351. The Morgan fingerprint density at radius 1 is 1.42 bits per heavy atom. The van der Waals surface area contributed by atoms with Crippen molar-refractivity contribution in [2.75, 3.05) is 11.9 Å².